The molecule has 1 aliphatic heterocycles. The smallest absolute Gasteiger partial charge is 0.222 e. The number of hydrogen-bond acceptors (Lipinski definition) is 5. The van der Waals surface area contributed by atoms with Crippen LogP contribution in [-0.2, 0) is 21.2 Å². The summed E-state index contributed by atoms with van der Waals surface area (Å²) in [7, 11) is -1.16. The molecule has 118 valence electrons. The monoisotopic (exact) mass is 330 g/mol. The first kappa shape index (κ1) is 16.4. The second-order valence-electron chi connectivity index (χ2n) is 6.05. The number of hydrogen-bond donors (Lipinski definition) is 0. The zero-order chi connectivity index (χ0) is 15.6. The number of carbonyl (C=O) groups is 1. The average Bonchev–Trinajstić information content (AvgIpc) is 2.96. The van der Waals surface area contributed by atoms with Gasteiger partial charge in [-0.1, -0.05) is 13.8 Å². The van der Waals surface area contributed by atoms with E-state index in [0.717, 1.165) is 10.7 Å². The number of thiazole rings is 1. The molecule has 0 aliphatic carbocycles. The van der Waals surface area contributed by atoms with Crippen molar-refractivity contribution in [3.05, 3.63) is 16.1 Å². The highest BCUT2D eigenvalue weighted by Gasteiger charge is 2.30. The van der Waals surface area contributed by atoms with Crippen molar-refractivity contribution in [1.29, 1.82) is 0 Å². The van der Waals surface area contributed by atoms with E-state index >= 15 is 0 Å². The third-order valence-electron chi connectivity index (χ3n) is 3.68. The van der Waals surface area contributed by atoms with Crippen LogP contribution in [0.15, 0.2) is 5.38 Å². The summed E-state index contributed by atoms with van der Waals surface area (Å²) < 4.78 is 22.8. The molecule has 7 heteroatoms. The summed E-state index contributed by atoms with van der Waals surface area (Å²) >= 11 is 1.62. The van der Waals surface area contributed by atoms with Crippen molar-refractivity contribution in [2.45, 2.75) is 39.2 Å². The van der Waals surface area contributed by atoms with Crippen LogP contribution >= 0.6 is 11.3 Å². The molecular weight excluding hydrogens is 308 g/mol. The lowest BCUT2D eigenvalue weighted by Crippen LogP contribution is -2.28. The molecule has 0 bridgehead atoms. The van der Waals surface area contributed by atoms with Crippen LogP contribution in [0.25, 0.3) is 0 Å². The van der Waals surface area contributed by atoms with Gasteiger partial charge in [-0.05, 0) is 12.3 Å². The summed E-state index contributed by atoms with van der Waals surface area (Å²) in [6.07, 6.45) is 0.924. The summed E-state index contributed by atoms with van der Waals surface area (Å²) in [4.78, 5) is 18.3. The molecule has 2 rings (SSSR count). The van der Waals surface area contributed by atoms with Gasteiger partial charge in [0, 0.05) is 24.8 Å². The van der Waals surface area contributed by atoms with Gasteiger partial charge in [0.15, 0.2) is 9.84 Å². The number of rotatable bonds is 5. The van der Waals surface area contributed by atoms with E-state index in [4.69, 9.17) is 0 Å². The van der Waals surface area contributed by atoms with E-state index < -0.39 is 9.84 Å². The van der Waals surface area contributed by atoms with E-state index in [-0.39, 0.29) is 23.3 Å². The fourth-order valence-electron chi connectivity index (χ4n) is 2.43. The van der Waals surface area contributed by atoms with Gasteiger partial charge in [-0.25, -0.2) is 13.4 Å². The lowest BCUT2D eigenvalue weighted by molar-refractivity contribution is -0.131. The van der Waals surface area contributed by atoms with Crippen molar-refractivity contribution in [1.82, 2.24) is 9.88 Å². The molecule has 0 N–H and O–H groups in total. The largest absolute Gasteiger partial charge is 0.340 e. The third kappa shape index (κ3) is 4.51. The Morgan fingerprint density at radius 3 is 2.76 bits per heavy atom. The Labute approximate surface area is 130 Å². The van der Waals surface area contributed by atoms with Gasteiger partial charge in [0.1, 0.15) is 0 Å². The molecule has 1 unspecified atom stereocenters. The number of aromatic nitrogens is 1. The van der Waals surface area contributed by atoms with E-state index in [9.17, 15) is 13.2 Å². The minimum absolute atomic E-state index is 0.00352. The molecule has 1 saturated heterocycles. The standard InChI is InChI=1S/C14H22N2O3S2/c1-10(2)14-15-12(8-20-14)7-16(3)13(17)6-11-4-5-21(18,19)9-11/h8,10-11H,4-7,9H2,1-3H3. The highest BCUT2D eigenvalue weighted by Crippen LogP contribution is 2.23. The summed E-state index contributed by atoms with van der Waals surface area (Å²) in [5.74, 6) is 0.746. The third-order valence-corrected chi connectivity index (χ3v) is 6.71. The summed E-state index contributed by atoms with van der Waals surface area (Å²) in [6, 6.07) is 0. The highest BCUT2D eigenvalue weighted by molar-refractivity contribution is 7.91. The lowest BCUT2D eigenvalue weighted by Gasteiger charge is -2.17. The molecule has 1 aromatic heterocycles. The Morgan fingerprint density at radius 2 is 2.24 bits per heavy atom. The Kier molecular flexibility index (Phi) is 5.03. The number of amides is 1. The van der Waals surface area contributed by atoms with Crippen molar-refractivity contribution >= 4 is 27.1 Å². The highest BCUT2D eigenvalue weighted by atomic mass is 32.2. The summed E-state index contributed by atoms with van der Waals surface area (Å²) in [5.41, 5.74) is 0.901. The van der Waals surface area contributed by atoms with Crippen LogP contribution in [0.1, 0.15) is 43.3 Å². The van der Waals surface area contributed by atoms with Crippen LogP contribution in [-0.4, -0.2) is 42.8 Å². The van der Waals surface area contributed by atoms with Crippen molar-refractivity contribution < 1.29 is 13.2 Å². The van der Waals surface area contributed by atoms with Crippen LogP contribution in [0.4, 0.5) is 0 Å². The first-order valence-corrected chi connectivity index (χ1v) is 9.85. The Morgan fingerprint density at radius 1 is 1.52 bits per heavy atom. The lowest BCUT2D eigenvalue weighted by atomic mass is 10.0. The molecule has 0 saturated carbocycles. The zero-order valence-corrected chi connectivity index (χ0v) is 14.3. The molecule has 5 nitrogen and oxygen atoms in total. The molecule has 1 fully saturated rings. The predicted molar refractivity (Wildman–Crippen MR) is 84.1 cm³/mol. The predicted octanol–water partition coefficient (Wildman–Crippen LogP) is 2.05. The van der Waals surface area contributed by atoms with Gasteiger partial charge in [0.25, 0.3) is 0 Å². The van der Waals surface area contributed by atoms with E-state index in [1.807, 2.05) is 5.38 Å². The van der Waals surface area contributed by atoms with E-state index in [2.05, 4.69) is 18.8 Å². The van der Waals surface area contributed by atoms with Crippen LogP contribution in [0.2, 0.25) is 0 Å². The van der Waals surface area contributed by atoms with E-state index in [0.29, 0.717) is 25.3 Å². The van der Waals surface area contributed by atoms with Crippen molar-refractivity contribution in [3.8, 4) is 0 Å². The maximum Gasteiger partial charge on any atom is 0.222 e. The number of carbonyl (C=O) groups excluding carboxylic acids is 1. The Bertz CT molecular complexity index is 607. The fourth-order valence-corrected chi connectivity index (χ4v) is 5.12. The number of sulfone groups is 1. The van der Waals surface area contributed by atoms with E-state index in [1.165, 1.54) is 0 Å². The van der Waals surface area contributed by atoms with Crippen molar-refractivity contribution in [2.24, 2.45) is 5.92 Å². The van der Waals surface area contributed by atoms with Gasteiger partial charge < -0.3 is 4.90 Å². The van der Waals surface area contributed by atoms with Crippen LogP contribution in [0.3, 0.4) is 0 Å². The quantitative estimate of drug-likeness (QED) is 0.829. The first-order chi connectivity index (χ1) is 9.77. The maximum atomic E-state index is 12.2. The molecular formula is C14H22N2O3S2. The second kappa shape index (κ2) is 6.44. The molecule has 2 heterocycles. The molecule has 1 amide bonds. The average molecular weight is 330 g/mol. The van der Waals surface area contributed by atoms with Gasteiger partial charge in [-0.2, -0.15) is 0 Å². The minimum Gasteiger partial charge on any atom is -0.340 e. The molecule has 21 heavy (non-hydrogen) atoms. The van der Waals surface area contributed by atoms with Gasteiger partial charge in [0.05, 0.1) is 28.8 Å². The normalized spacial score (nSPS) is 20.9. The van der Waals surface area contributed by atoms with Crippen LogP contribution < -0.4 is 0 Å². The Balaban J connectivity index is 1.87. The topological polar surface area (TPSA) is 67.3 Å². The molecule has 1 aromatic rings. The molecule has 1 atom stereocenters. The molecule has 1 aliphatic rings. The molecule has 0 radical (unpaired) electrons. The summed E-state index contributed by atoms with van der Waals surface area (Å²) in [6.45, 7) is 4.68. The fraction of sp³-hybridized carbons (Fsp3) is 0.714. The SMILES string of the molecule is CC(C)c1nc(CN(C)C(=O)CC2CCS(=O)(=O)C2)cs1. The van der Waals surface area contributed by atoms with Crippen molar-refractivity contribution in [2.75, 3.05) is 18.6 Å². The van der Waals surface area contributed by atoms with Gasteiger partial charge in [0.2, 0.25) is 5.91 Å². The first-order valence-electron chi connectivity index (χ1n) is 7.15. The van der Waals surface area contributed by atoms with Gasteiger partial charge in [-0.15, -0.1) is 11.3 Å². The van der Waals surface area contributed by atoms with Crippen LogP contribution in [0.5, 0.6) is 0 Å². The zero-order valence-electron chi connectivity index (χ0n) is 12.7. The maximum absolute atomic E-state index is 12.2. The summed E-state index contributed by atoms with van der Waals surface area (Å²) in [5, 5.41) is 3.06. The van der Waals surface area contributed by atoms with Gasteiger partial charge in [-0.3, -0.25) is 4.79 Å². The van der Waals surface area contributed by atoms with Crippen molar-refractivity contribution in [3.63, 3.8) is 0 Å². The Hall–Kier alpha value is -0.950. The molecule has 0 spiro atoms. The van der Waals surface area contributed by atoms with Gasteiger partial charge >= 0.3 is 0 Å². The number of nitrogens with zero attached hydrogens (tertiary/aromatic N) is 2. The molecule has 0 aromatic carbocycles. The van der Waals surface area contributed by atoms with Crippen LogP contribution in [0, 0.1) is 5.92 Å². The minimum atomic E-state index is -2.91. The van der Waals surface area contributed by atoms with E-state index in [1.54, 1.807) is 23.3 Å². The second-order valence-corrected chi connectivity index (χ2v) is 9.17.